The molecule has 2 amide bonds. The molecule has 3 N–H and O–H groups in total. The van der Waals surface area contributed by atoms with Gasteiger partial charge in [0.1, 0.15) is 0 Å². The van der Waals surface area contributed by atoms with Crippen molar-refractivity contribution < 1.29 is 14.8 Å². The van der Waals surface area contributed by atoms with Crippen molar-refractivity contribution in [2.24, 2.45) is 11.3 Å². The lowest BCUT2D eigenvalue weighted by Gasteiger charge is -2.37. The summed E-state index contributed by atoms with van der Waals surface area (Å²) in [6, 6.07) is 14.3. The molecule has 1 aliphatic carbocycles. The molecular formula is C26H33N3O3. The molecule has 1 saturated heterocycles. The number of likely N-dealkylation sites (tertiary alicyclic amines) is 1. The molecule has 0 aromatic heterocycles. The van der Waals surface area contributed by atoms with E-state index in [1.54, 1.807) is 5.48 Å². The molecular weight excluding hydrogens is 402 g/mol. The van der Waals surface area contributed by atoms with E-state index in [4.69, 9.17) is 5.21 Å². The fourth-order valence-electron chi connectivity index (χ4n) is 4.90. The summed E-state index contributed by atoms with van der Waals surface area (Å²) >= 11 is 0. The molecule has 1 atom stereocenters. The molecule has 2 aromatic carbocycles. The van der Waals surface area contributed by atoms with Crippen molar-refractivity contribution >= 4 is 17.5 Å². The van der Waals surface area contributed by atoms with Crippen LogP contribution in [-0.4, -0.2) is 41.6 Å². The zero-order valence-electron chi connectivity index (χ0n) is 19.0. The van der Waals surface area contributed by atoms with Crippen molar-refractivity contribution in [1.29, 1.82) is 0 Å². The first-order valence-corrected chi connectivity index (χ1v) is 11.6. The van der Waals surface area contributed by atoms with Gasteiger partial charge in [-0.2, -0.15) is 0 Å². The van der Waals surface area contributed by atoms with E-state index in [0.717, 1.165) is 67.7 Å². The zero-order valence-corrected chi connectivity index (χ0v) is 19.0. The third-order valence-electron chi connectivity index (χ3n) is 7.32. The lowest BCUT2D eigenvalue weighted by atomic mass is 9.79. The van der Waals surface area contributed by atoms with Gasteiger partial charge in [0.05, 0.1) is 0 Å². The smallest absolute Gasteiger partial charge is 0.246 e. The maximum absolute atomic E-state index is 13.1. The minimum atomic E-state index is -0.338. The Bertz CT molecular complexity index is 996. The highest BCUT2D eigenvalue weighted by molar-refractivity contribution is 5.95. The minimum Gasteiger partial charge on any atom is -0.326 e. The van der Waals surface area contributed by atoms with E-state index < -0.39 is 0 Å². The van der Waals surface area contributed by atoms with E-state index in [1.165, 1.54) is 5.56 Å². The number of rotatable bonds is 5. The van der Waals surface area contributed by atoms with Crippen LogP contribution in [0, 0.1) is 11.3 Å². The molecule has 0 saturated carbocycles. The Morgan fingerprint density at radius 1 is 1.09 bits per heavy atom. The monoisotopic (exact) mass is 435 g/mol. The highest BCUT2D eigenvalue weighted by Crippen LogP contribution is 2.34. The van der Waals surface area contributed by atoms with Gasteiger partial charge in [-0.15, -0.1) is 0 Å². The molecule has 6 heteroatoms. The van der Waals surface area contributed by atoms with Crippen LogP contribution in [0.5, 0.6) is 0 Å². The Balaban J connectivity index is 1.49. The molecule has 1 heterocycles. The van der Waals surface area contributed by atoms with E-state index >= 15 is 0 Å². The van der Waals surface area contributed by atoms with Gasteiger partial charge in [-0.05, 0) is 86.1 Å². The highest BCUT2D eigenvalue weighted by Gasteiger charge is 2.36. The normalized spacial score (nSPS) is 20.3. The SMILES string of the molecule is CCN1CCC(C)(C(=O)Nc2cccc(-c3ccc4c(c3)CC(C(=O)NO)CC4)c2)CC1. The summed E-state index contributed by atoms with van der Waals surface area (Å²) in [4.78, 5) is 27.3. The number of hydrogen-bond donors (Lipinski definition) is 3. The third kappa shape index (κ3) is 4.71. The predicted octanol–water partition coefficient (Wildman–Crippen LogP) is 4.02. The fraction of sp³-hybridized carbons (Fsp3) is 0.462. The minimum absolute atomic E-state index is 0.0914. The molecule has 0 radical (unpaired) electrons. The predicted molar refractivity (Wildman–Crippen MR) is 125 cm³/mol. The first-order valence-electron chi connectivity index (χ1n) is 11.6. The number of aryl methyl sites for hydroxylation is 1. The number of anilines is 1. The van der Waals surface area contributed by atoms with Gasteiger partial charge in [-0.3, -0.25) is 14.8 Å². The number of nitrogens with one attached hydrogen (secondary N) is 2. The van der Waals surface area contributed by atoms with Crippen LogP contribution in [0.3, 0.4) is 0 Å². The maximum Gasteiger partial charge on any atom is 0.246 e. The summed E-state index contributed by atoms with van der Waals surface area (Å²) in [6.45, 7) is 7.19. The topological polar surface area (TPSA) is 81.7 Å². The Morgan fingerprint density at radius 2 is 1.84 bits per heavy atom. The number of fused-ring (bicyclic) bond motifs is 1. The van der Waals surface area contributed by atoms with Crippen LogP contribution in [-0.2, 0) is 22.4 Å². The van der Waals surface area contributed by atoms with Gasteiger partial charge in [0.2, 0.25) is 11.8 Å². The highest BCUT2D eigenvalue weighted by atomic mass is 16.5. The quantitative estimate of drug-likeness (QED) is 0.489. The Hall–Kier alpha value is -2.70. The van der Waals surface area contributed by atoms with Crippen LogP contribution < -0.4 is 10.8 Å². The third-order valence-corrected chi connectivity index (χ3v) is 7.32. The summed E-state index contributed by atoms with van der Waals surface area (Å²) < 4.78 is 0. The van der Waals surface area contributed by atoms with Gasteiger partial charge in [0, 0.05) is 17.0 Å². The number of hydrogen-bond acceptors (Lipinski definition) is 4. The van der Waals surface area contributed by atoms with Crippen LogP contribution in [0.15, 0.2) is 42.5 Å². The first kappa shape index (κ1) is 22.5. The summed E-state index contributed by atoms with van der Waals surface area (Å²) in [6.07, 6.45) is 3.95. The van der Waals surface area contributed by atoms with Gasteiger partial charge in [0.15, 0.2) is 0 Å². The van der Waals surface area contributed by atoms with Gasteiger partial charge < -0.3 is 10.2 Å². The first-order chi connectivity index (χ1) is 15.4. The molecule has 1 fully saturated rings. The van der Waals surface area contributed by atoms with Gasteiger partial charge >= 0.3 is 0 Å². The Kier molecular flexibility index (Phi) is 6.63. The second-order valence-electron chi connectivity index (χ2n) is 9.43. The number of carbonyl (C=O) groups excluding carboxylic acids is 2. The van der Waals surface area contributed by atoms with Gasteiger partial charge in [0.25, 0.3) is 0 Å². The van der Waals surface area contributed by atoms with Crippen LogP contribution in [0.4, 0.5) is 5.69 Å². The van der Waals surface area contributed by atoms with E-state index in [0.29, 0.717) is 6.42 Å². The van der Waals surface area contributed by atoms with Crippen molar-refractivity contribution in [3.05, 3.63) is 53.6 Å². The summed E-state index contributed by atoms with van der Waals surface area (Å²) in [7, 11) is 0. The molecule has 0 spiro atoms. The summed E-state index contributed by atoms with van der Waals surface area (Å²) in [5.74, 6) is -0.425. The fourth-order valence-corrected chi connectivity index (χ4v) is 4.90. The average Bonchev–Trinajstić information content (AvgIpc) is 2.83. The molecule has 170 valence electrons. The number of nitrogens with zero attached hydrogens (tertiary/aromatic N) is 1. The number of piperidine rings is 1. The molecule has 6 nitrogen and oxygen atoms in total. The van der Waals surface area contributed by atoms with Crippen molar-refractivity contribution in [3.8, 4) is 11.1 Å². The second kappa shape index (κ2) is 9.43. The van der Waals surface area contributed by atoms with Crippen molar-refractivity contribution in [3.63, 3.8) is 0 Å². The van der Waals surface area contributed by atoms with E-state index in [9.17, 15) is 9.59 Å². The average molecular weight is 436 g/mol. The van der Waals surface area contributed by atoms with Crippen LogP contribution >= 0.6 is 0 Å². The molecule has 32 heavy (non-hydrogen) atoms. The lowest BCUT2D eigenvalue weighted by Crippen LogP contribution is -2.44. The second-order valence-corrected chi connectivity index (χ2v) is 9.43. The molecule has 4 rings (SSSR count). The largest absolute Gasteiger partial charge is 0.326 e. The summed E-state index contributed by atoms with van der Waals surface area (Å²) in [5.41, 5.74) is 6.76. The van der Waals surface area contributed by atoms with E-state index in [2.05, 4.69) is 42.3 Å². The number of carbonyl (C=O) groups is 2. The molecule has 1 aliphatic heterocycles. The molecule has 0 bridgehead atoms. The van der Waals surface area contributed by atoms with Gasteiger partial charge in [-0.1, -0.05) is 44.2 Å². The van der Waals surface area contributed by atoms with Crippen molar-refractivity contribution in [2.45, 2.75) is 46.0 Å². The lowest BCUT2D eigenvalue weighted by molar-refractivity contribution is -0.133. The van der Waals surface area contributed by atoms with E-state index in [-0.39, 0.29) is 23.1 Å². The number of benzene rings is 2. The van der Waals surface area contributed by atoms with Crippen molar-refractivity contribution in [2.75, 3.05) is 25.0 Å². The standard InChI is InChI=1S/C26H33N3O3/c1-3-29-13-11-26(2,12-14-29)25(31)27-23-6-4-5-19(17-23)20-9-7-18-8-10-21(24(30)28-32)16-22(18)15-20/h4-7,9,15,17,21,32H,3,8,10-14,16H2,1-2H3,(H,27,31)(H,28,30). The Labute approximate surface area is 190 Å². The van der Waals surface area contributed by atoms with Crippen LogP contribution in [0.1, 0.15) is 44.2 Å². The Morgan fingerprint density at radius 3 is 2.56 bits per heavy atom. The molecule has 2 aliphatic rings. The van der Waals surface area contributed by atoms with Crippen LogP contribution in [0.2, 0.25) is 0 Å². The van der Waals surface area contributed by atoms with Gasteiger partial charge in [-0.25, -0.2) is 5.48 Å². The molecule has 1 unspecified atom stereocenters. The number of hydroxylamine groups is 1. The maximum atomic E-state index is 13.1. The molecule has 2 aromatic rings. The number of amides is 2. The zero-order chi connectivity index (χ0) is 22.7. The van der Waals surface area contributed by atoms with Crippen molar-refractivity contribution in [1.82, 2.24) is 10.4 Å². The van der Waals surface area contributed by atoms with E-state index in [1.807, 2.05) is 24.3 Å². The van der Waals surface area contributed by atoms with Crippen LogP contribution in [0.25, 0.3) is 11.1 Å². The summed E-state index contributed by atoms with van der Waals surface area (Å²) in [5, 5.41) is 12.1.